The molecule has 0 aromatic heterocycles. The first kappa shape index (κ1) is 10.8. The van der Waals surface area contributed by atoms with Crippen LogP contribution in [0.1, 0.15) is 17.2 Å². The van der Waals surface area contributed by atoms with E-state index in [0.717, 1.165) is 12.1 Å². The Morgan fingerprint density at radius 3 is 2.25 bits per heavy atom. The lowest BCUT2D eigenvalue weighted by Crippen LogP contribution is -2.06. The molecule has 1 aromatic rings. The van der Waals surface area contributed by atoms with Gasteiger partial charge in [0.25, 0.3) is 0 Å². The summed E-state index contributed by atoms with van der Waals surface area (Å²) in [6.07, 6.45) is -5.78. The third-order valence-electron chi connectivity index (χ3n) is 2.20. The van der Waals surface area contributed by atoms with Gasteiger partial charge in [0.05, 0.1) is 5.56 Å². The van der Waals surface area contributed by atoms with Gasteiger partial charge < -0.3 is 9.47 Å². The number of alkyl halides is 3. The van der Waals surface area contributed by atoms with Gasteiger partial charge in [-0.15, -0.1) is 0 Å². The lowest BCUT2D eigenvalue weighted by molar-refractivity contribution is -0.137. The van der Waals surface area contributed by atoms with Gasteiger partial charge in [-0.3, -0.25) is 0 Å². The minimum atomic E-state index is -4.36. The Morgan fingerprint density at radius 2 is 1.81 bits per heavy atom. The maximum atomic E-state index is 12.2. The van der Waals surface area contributed by atoms with Gasteiger partial charge in [-0.1, -0.05) is 12.1 Å². The van der Waals surface area contributed by atoms with Gasteiger partial charge in [0.15, 0.2) is 6.10 Å². The van der Waals surface area contributed by atoms with E-state index in [1.807, 2.05) is 0 Å². The van der Waals surface area contributed by atoms with Crippen molar-refractivity contribution in [2.45, 2.75) is 12.3 Å². The molecule has 0 saturated carbocycles. The smallest absolute Gasteiger partial charge is 0.430 e. The zero-order valence-electron chi connectivity index (χ0n) is 7.95. The van der Waals surface area contributed by atoms with Gasteiger partial charge in [-0.05, 0) is 17.7 Å². The van der Waals surface area contributed by atoms with E-state index >= 15 is 0 Å². The zero-order chi connectivity index (χ0) is 11.8. The standard InChI is InChI=1S/C10H7F3O3/c11-10(12,13)7-3-1-6(2-4-7)8-5-15-9(14)16-8/h1-4,8H,5H2/t8-/m0/s1. The topological polar surface area (TPSA) is 35.5 Å². The monoisotopic (exact) mass is 232 g/mol. The van der Waals surface area contributed by atoms with E-state index in [1.54, 1.807) is 0 Å². The van der Waals surface area contributed by atoms with Crippen molar-refractivity contribution in [3.05, 3.63) is 35.4 Å². The van der Waals surface area contributed by atoms with Gasteiger partial charge in [-0.25, -0.2) is 4.79 Å². The number of carbonyl (C=O) groups is 1. The molecule has 0 bridgehead atoms. The zero-order valence-corrected chi connectivity index (χ0v) is 7.95. The quantitative estimate of drug-likeness (QED) is 0.698. The van der Waals surface area contributed by atoms with Gasteiger partial charge >= 0.3 is 12.3 Å². The number of hydrogen-bond donors (Lipinski definition) is 0. The van der Waals surface area contributed by atoms with Crippen molar-refractivity contribution < 1.29 is 27.4 Å². The van der Waals surface area contributed by atoms with Crippen molar-refractivity contribution in [2.24, 2.45) is 0 Å². The van der Waals surface area contributed by atoms with Gasteiger partial charge in [0.2, 0.25) is 0 Å². The second kappa shape index (κ2) is 3.70. The lowest BCUT2D eigenvalue weighted by Gasteiger charge is -2.09. The minimum Gasteiger partial charge on any atom is -0.430 e. The number of carbonyl (C=O) groups excluding carboxylic acids is 1. The number of halogens is 3. The average molecular weight is 232 g/mol. The molecular weight excluding hydrogens is 225 g/mol. The summed E-state index contributed by atoms with van der Waals surface area (Å²) in [4.78, 5) is 10.6. The molecule has 1 saturated heterocycles. The second-order valence-corrected chi connectivity index (χ2v) is 3.29. The molecule has 0 radical (unpaired) electrons. The molecule has 3 nitrogen and oxygen atoms in total. The van der Waals surface area contributed by atoms with Crippen LogP contribution in [0.3, 0.4) is 0 Å². The largest absolute Gasteiger partial charge is 0.509 e. The fourth-order valence-corrected chi connectivity index (χ4v) is 1.38. The molecule has 1 atom stereocenters. The summed E-state index contributed by atoms with van der Waals surface area (Å²) in [6.45, 7) is 0.0319. The second-order valence-electron chi connectivity index (χ2n) is 3.29. The number of cyclic esters (lactones) is 2. The van der Waals surface area contributed by atoms with Crippen LogP contribution >= 0.6 is 0 Å². The van der Waals surface area contributed by atoms with Crippen molar-refractivity contribution in [2.75, 3.05) is 6.61 Å². The van der Waals surface area contributed by atoms with E-state index < -0.39 is 24.0 Å². The van der Waals surface area contributed by atoms with Crippen LogP contribution < -0.4 is 0 Å². The maximum absolute atomic E-state index is 12.2. The highest BCUT2D eigenvalue weighted by Gasteiger charge is 2.31. The highest BCUT2D eigenvalue weighted by Crippen LogP contribution is 2.31. The van der Waals surface area contributed by atoms with Crippen LogP contribution in [0.5, 0.6) is 0 Å². The van der Waals surface area contributed by atoms with Crippen molar-refractivity contribution >= 4 is 6.16 Å². The van der Waals surface area contributed by atoms with E-state index in [1.165, 1.54) is 12.1 Å². The molecular formula is C10H7F3O3. The van der Waals surface area contributed by atoms with Gasteiger partial charge in [-0.2, -0.15) is 13.2 Å². The van der Waals surface area contributed by atoms with Crippen molar-refractivity contribution in [1.29, 1.82) is 0 Å². The summed E-state index contributed by atoms with van der Waals surface area (Å²) in [6, 6.07) is 4.44. The predicted octanol–water partition coefficient (Wildman–Crippen LogP) is 2.91. The fourth-order valence-electron chi connectivity index (χ4n) is 1.38. The summed E-state index contributed by atoms with van der Waals surface area (Å²) in [5.41, 5.74) is -0.250. The summed E-state index contributed by atoms with van der Waals surface area (Å²) in [5.74, 6) is 0. The molecule has 1 heterocycles. The summed E-state index contributed by atoms with van der Waals surface area (Å²) < 4.78 is 46.0. The third kappa shape index (κ3) is 2.10. The van der Waals surface area contributed by atoms with Crippen LogP contribution in [0, 0.1) is 0 Å². The van der Waals surface area contributed by atoms with Crippen LogP contribution in [-0.2, 0) is 15.7 Å². The Morgan fingerprint density at radius 1 is 1.19 bits per heavy atom. The fraction of sp³-hybridized carbons (Fsp3) is 0.300. The number of benzene rings is 1. The molecule has 1 fully saturated rings. The van der Waals surface area contributed by atoms with E-state index in [-0.39, 0.29) is 6.61 Å². The molecule has 2 rings (SSSR count). The predicted molar refractivity (Wildman–Crippen MR) is 46.6 cm³/mol. The van der Waals surface area contributed by atoms with E-state index in [0.29, 0.717) is 5.56 Å². The van der Waals surface area contributed by atoms with E-state index in [4.69, 9.17) is 4.74 Å². The molecule has 0 amide bonds. The Labute approximate surface area is 88.8 Å². The maximum Gasteiger partial charge on any atom is 0.509 e. The van der Waals surface area contributed by atoms with Crippen LogP contribution in [0.2, 0.25) is 0 Å². The first-order valence-corrected chi connectivity index (χ1v) is 4.47. The molecule has 1 aliphatic rings. The summed E-state index contributed by atoms with van der Waals surface area (Å²) in [5, 5.41) is 0. The molecule has 0 aliphatic carbocycles. The molecule has 1 aromatic carbocycles. The summed E-state index contributed by atoms with van der Waals surface area (Å²) in [7, 11) is 0. The Kier molecular flexibility index (Phi) is 2.49. The first-order valence-electron chi connectivity index (χ1n) is 4.47. The van der Waals surface area contributed by atoms with Gasteiger partial charge in [0.1, 0.15) is 6.61 Å². The first-order chi connectivity index (χ1) is 7.47. The molecule has 0 spiro atoms. The molecule has 16 heavy (non-hydrogen) atoms. The number of hydrogen-bond acceptors (Lipinski definition) is 3. The van der Waals surface area contributed by atoms with Crippen molar-refractivity contribution in [3.63, 3.8) is 0 Å². The SMILES string of the molecule is O=C1OC[C@@H](c2ccc(C(F)(F)F)cc2)O1. The highest BCUT2D eigenvalue weighted by atomic mass is 19.4. The molecule has 86 valence electrons. The van der Waals surface area contributed by atoms with Crippen LogP contribution in [-0.4, -0.2) is 12.8 Å². The minimum absolute atomic E-state index is 0.0319. The van der Waals surface area contributed by atoms with E-state index in [2.05, 4.69) is 4.74 Å². The van der Waals surface area contributed by atoms with Crippen LogP contribution in [0.25, 0.3) is 0 Å². The molecule has 0 unspecified atom stereocenters. The van der Waals surface area contributed by atoms with Gasteiger partial charge in [0, 0.05) is 0 Å². The summed E-state index contributed by atoms with van der Waals surface area (Å²) >= 11 is 0. The van der Waals surface area contributed by atoms with E-state index in [9.17, 15) is 18.0 Å². The Bertz CT molecular complexity index is 397. The molecule has 0 N–H and O–H groups in total. The van der Waals surface area contributed by atoms with Crippen LogP contribution in [0.4, 0.5) is 18.0 Å². The Balaban J connectivity index is 2.17. The van der Waals surface area contributed by atoms with Crippen molar-refractivity contribution in [3.8, 4) is 0 Å². The Hall–Kier alpha value is -1.72. The third-order valence-corrected chi connectivity index (χ3v) is 2.20. The number of ether oxygens (including phenoxy) is 2. The normalized spacial score (nSPS) is 20.4. The molecule has 1 aliphatic heterocycles. The molecule has 6 heteroatoms. The van der Waals surface area contributed by atoms with Crippen LogP contribution in [0.15, 0.2) is 24.3 Å². The van der Waals surface area contributed by atoms with Crippen molar-refractivity contribution in [1.82, 2.24) is 0 Å². The number of rotatable bonds is 1. The lowest BCUT2D eigenvalue weighted by atomic mass is 10.1. The average Bonchev–Trinajstić information content (AvgIpc) is 2.64. The highest BCUT2D eigenvalue weighted by molar-refractivity contribution is 5.62.